The molecule has 3 heterocycles. The lowest BCUT2D eigenvalue weighted by Crippen LogP contribution is -2.52. The molecule has 1 amide bonds. The highest BCUT2D eigenvalue weighted by atomic mass is 35.5. The number of amides is 1. The lowest BCUT2D eigenvalue weighted by Gasteiger charge is -2.33. The molecular formula is C13H14ClN3OS2. The Morgan fingerprint density at radius 2 is 2.40 bits per heavy atom. The number of carbonyl (C=O) groups is 1. The van der Waals surface area contributed by atoms with E-state index in [0.717, 1.165) is 33.9 Å². The number of nitrogens with one attached hydrogen (secondary N) is 1. The molecule has 0 saturated carbocycles. The van der Waals surface area contributed by atoms with Gasteiger partial charge >= 0.3 is 0 Å². The summed E-state index contributed by atoms with van der Waals surface area (Å²) in [6.07, 6.45) is 0. The predicted octanol–water partition coefficient (Wildman–Crippen LogP) is 2.96. The van der Waals surface area contributed by atoms with Crippen molar-refractivity contribution >= 4 is 40.2 Å². The van der Waals surface area contributed by atoms with Crippen molar-refractivity contribution in [2.24, 2.45) is 0 Å². The van der Waals surface area contributed by atoms with E-state index < -0.39 is 0 Å². The van der Waals surface area contributed by atoms with Gasteiger partial charge in [-0.3, -0.25) is 4.79 Å². The van der Waals surface area contributed by atoms with Gasteiger partial charge in [-0.25, -0.2) is 4.98 Å². The van der Waals surface area contributed by atoms with Crippen LogP contribution < -0.4 is 5.32 Å². The van der Waals surface area contributed by atoms with Crippen LogP contribution in [0.3, 0.4) is 0 Å². The minimum Gasteiger partial charge on any atom is -0.332 e. The molecule has 2 aromatic rings. The number of carbonyl (C=O) groups excluding carboxylic acids is 1. The Bertz CT molecular complexity index is 625. The van der Waals surface area contributed by atoms with Crippen molar-refractivity contribution in [1.29, 1.82) is 0 Å². The third kappa shape index (κ3) is 2.74. The van der Waals surface area contributed by atoms with Gasteiger partial charge in [0.2, 0.25) is 0 Å². The molecule has 1 aliphatic heterocycles. The first-order chi connectivity index (χ1) is 9.65. The molecule has 1 fully saturated rings. The summed E-state index contributed by atoms with van der Waals surface area (Å²) in [6, 6.07) is 3.99. The minimum absolute atomic E-state index is 0.0177. The van der Waals surface area contributed by atoms with Gasteiger partial charge in [-0.15, -0.1) is 22.7 Å². The first-order valence-electron chi connectivity index (χ1n) is 6.38. The van der Waals surface area contributed by atoms with E-state index in [-0.39, 0.29) is 11.9 Å². The monoisotopic (exact) mass is 327 g/mol. The Hall–Kier alpha value is -0.950. The standard InChI is InChI=1S/C13H14ClN3OS2/c1-8-6-15-4-5-17(8)13(18)9-7-19-12(16-9)10-2-3-11(14)20-10/h2-3,7-8,15H,4-6H2,1H3. The van der Waals surface area contributed by atoms with Gasteiger partial charge in [0.15, 0.2) is 0 Å². The van der Waals surface area contributed by atoms with Gasteiger partial charge < -0.3 is 10.2 Å². The van der Waals surface area contributed by atoms with Crippen LogP contribution in [0.25, 0.3) is 9.88 Å². The molecule has 7 heteroatoms. The van der Waals surface area contributed by atoms with Crippen LogP contribution in [0.4, 0.5) is 0 Å². The van der Waals surface area contributed by atoms with Crippen molar-refractivity contribution < 1.29 is 4.79 Å². The molecule has 1 saturated heterocycles. The molecule has 20 heavy (non-hydrogen) atoms. The van der Waals surface area contributed by atoms with Crippen LogP contribution in [0, 0.1) is 0 Å². The molecule has 0 spiro atoms. The number of aromatic nitrogens is 1. The number of nitrogens with zero attached hydrogens (tertiary/aromatic N) is 2. The maximum atomic E-state index is 12.5. The molecule has 1 atom stereocenters. The minimum atomic E-state index is 0.0177. The molecule has 0 radical (unpaired) electrons. The first kappa shape index (κ1) is 14.0. The summed E-state index contributed by atoms with van der Waals surface area (Å²) < 4.78 is 0.735. The van der Waals surface area contributed by atoms with Crippen molar-refractivity contribution in [1.82, 2.24) is 15.2 Å². The van der Waals surface area contributed by atoms with Gasteiger partial charge in [0, 0.05) is 31.1 Å². The SMILES string of the molecule is CC1CNCCN1C(=O)c1csc(-c2ccc(Cl)s2)n1. The van der Waals surface area contributed by atoms with E-state index in [1.54, 1.807) is 0 Å². The van der Waals surface area contributed by atoms with Crippen LogP contribution in [-0.4, -0.2) is 41.5 Å². The summed E-state index contributed by atoms with van der Waals surface area (Å²) in [7, 11) is 0. The number of thiazole rings is 1. The molecule has 3 rings (SSSR count). The van der Waals surface area contributed by atoms with E-state index in [2.05, 4.69) is 17.2 Å². The topological polar surface area (TPSA) is 45.2 Å². The van der Waals surface area contributed by atoms with Crippen LogP contribution >= 0.6 is 34.3 Å². The zero-order chi connectivity index (χ0) is 14.1. The van der Waals surface area contributed by atoms with Crippen molar-refractivity contribution in [3.8, 4) is 9.88 Å². The first-order valence-corrected chi connectivity index (χ1v) is 8.45. The maximum absolute atomic E-state index is 12.5. The number of piperazine rings is 1. The predicted molar refractivity (Wildman–Crippen MR) is 83.8 cm³/mol. The Morgan fingerprint density at radius 3 is 3.10 bits per heavy atom. The number of halogens is 1. The molecule has 1 N–H and O–H groups in total. The van der Waals surface area contributed by atoms with E-state index in [9.17, 15) is 4.79 Å². The number of rotatable bonds is 2. The zero-order valence-corrected chi connectivity index (χ0v) is 13.3. The smallest absolute Gasteiger partial charge is 0.273 e. The second-order valence-electron chi connectivity index (χ2n) is 4.69. The highest BCUT2D eigenvalue weighted by molar-refractivity contribution is 7.23. The Morgan fingerprint density at radius 1 is 1.55 bits per heavy atom. The van der Waals surface area contributed by atoms with E-state index >= 15 is 0 Å². The molecule has 0 aromatic carbocycles. The molecule has 0 bridgehead atoms. The average Bonchev–Trinajstić information content (AvgIpc) is 3.07. The third-order valence-electron chi connectivity index (χ3n) is 3.27. The van der Waals surface area contributed by atoms with Gasteiger partial charge in [-0.1, -0.05) is 11.6 Å². The number of hydrogen-bond donors (Lipinski definition) is 1. The van der Waals surface area contributed by atoms with E-state index in [4.69, 9.17) is 11.6 Å². The largest absolute Gasteiger partial charge is 0.332 e. The molecule has 1 aliphatic rings. The number of hydrogen-bond acceptors (Lipinski definition) is 5. The van der Waals surface area contributed by atoms with Gasteiger partial charge in [-0.2, -0.15) is 0 Å². The summed E-state index contributed by atoms with van der Waals surface area (Å²) in [5.74, 6) is 0.0177. The van der Waals surface area contributed by atoms with Crippen molar-refractivity contribution in [2.75, 3.05) is 19.6 Å². The van der Waals surface area contributed by atoms with Crippen LogP contribution in [0.5, 0.6) is 0 Å². The molecule has 106 valence electrons. The molecule has 0 aliphatic carbocycles. The fourth-order valence-electron chi connectivity index (χ4n) is 2.20. The Balaban J connectivity index is 1.81. The van der Waals surface area contributed by atoms with E-state index in [1.807, 2.05) is 22.4 Å². The summed E-state index contributed by atoms with van der Waals surface area (Å²) >= 11 is 8.90. The van der Waals surface area contributed by atoms with E-state index in [1.165, 1.54) is 22.7 Å². The number of thiophene rings is 1. The van der Waals surface area contributed by atoms with Crippen molar-refractivity contribution in [2.45, 2.75) is 13.0 Å². The molecular weight excluding hydrogens is 314 g/mol. The lowest BCUT2D eigenvalue weighted by molar-refractivity contribution is 0.0650. The maximum Gasteiger partial charge on any atom is 0.273 e. The highest BCUT2D eigenvalue weighted by Gasteiger charge is 2.25. The fourth-order valence-corrected chi connectivity index (χ4v) is 4.11. The fraction of sp³-hybridized carbons (Fsp3) is 0.385. The van der Waals surface area contributed by atoms with Crippen LogP contribution in [-0.2, 0) is 0 Å². The van der Waals surface area contributed by atoms with Gasteiger partial charge in [0.1, 0.15) is 10.7 Å². The molecule has 4 nitrogen and oxygen atoms in total. The summed E-state index contributed by atoms with van der Waals surface area (Å²) in [5, 5.41) is 5.97. The highest BCUT2D eigenvalue weighted by Crippen LogP contribution is 2.33. The molecule has 2 aromatic heterocycles. The lowest BCUT2D eigenvalue weighted by atomic mass is 10.2. The van der Waals surface area contributed by atoms with Crippen molar-refractivity contribution in [3.05, 3.63) is 27.5 Å². The van der Waals surface area contributed by atoms with E-state index in [0.29, 0.717) is 5.69 Å². The van der Waals surface area contributed by atoms with Gasteiger partial charge in [0.05, 0.1) is 9.21 Å². The Kier molecular flexibility index (Phi) is 4.07. The summed E-state index contributed by atoms with van der Waals surface area (Å²) in [4.78, 5) is 19.8. The average molecular weight is 328 g/mol. The van der Waals surface area contributed by atoms with Gasteiger partial charge in [0.25, 0.3) is 5.91 Å². The Labute approximate surface area is 130 Å². The normalized spacial score (nSPS) is 19.3. The second-order valence-corrected chi connectivity index (χ2v) is 7.27. The zero-order valence-electron chi connectivity index (χ0n) is 10.9. The third-order valence-corrected chi connectivity index (χ3v) is 5.51. The summed E-state index contributed by atoms with van der Waals surface area (Å²) in [5.41, 5.74) is 0.531. The van der Waals surface area contributed by atoms with Crippen LogP contribution in [0.15, 0.2) is 17.5 Å². The van der Waals surface area contributed by atoms with Crippen LogP contribution in [0.2, 0.25) is 4.34 Å². The van der Waals surface area contributed by atoms with Gasteiger partial charge in [-0.05, 0) is 19.1 Å². The van der Waals surface area contributed by atoms with Crippen LogP contribution in [0.1, 0.15) is 17.4 Å². The quantitative estimate of drug-likeness (QED) is 0.922. The second kappa shape index (κ2) is 5.81. The van der Waals surface area contributed by atoms with Crippen molar-refractivity contribution in [3.63, 3.8) is 0 Å². The molecule has 1 unspecified atom stereocenters. The summed E-state index contributed by atoms with van der Waals surface area (Å²) in [6.45, 7) is 4.46.